The van der Waals surface area contributed by atoms with Crippen molar-refractivity contribution >= 4 is 10.0 Å². The second kappa shape index (κ2) is 7.34. The molecule has 0 amide bonds. The van der Waals surface area contributed by atoms with Crippen LogP contribution >= 0.6 is 0 Å². The van der Waals surface area contributed by atoms with Gasteiger partial charge in [-0.2, -0.15) is 4.31 Å². The van der Waals surface area contributed by atoms with Crippen molar-refractivity contribution < 1.29 is 13.2 Å². The van der Waals surface area contributed by atoms with Crippen LogP contribution in [0.3, 0.4) is 0 Å². The molecule has 0 atom stereocenters. The Balaban J connectivity index is 1.65. The molecule has 5 nitrogen and oxygen atoms in total. The zero-order valence-electron chi connectivity index (χ0n) is 13.8. The summed E-state index contributed by atoms with van der Waals surface area (Å²) in [5, 5.41) is 0. The lowest BCUT2D eigenvalue weighted by molar-refractivity contribution is 0.181. The summed E-state index contributed by atoms with van der Waals surface area (Å²) in [5.74, 6) is 0.554. The van der Waals surface area contributed by atoms with Gasteiger partial charge in [-0.3, -0.25) is 4.90 Å². The number of piperazine rings is 1. The molecule has 0 N–H and O–H groups in total. The van der Waals surface area contributed by atoms with E-state index in [0.717, 1.165) is 19.6 Å². The van der Waals surface area contributed by atoms with E-state index in [1.807, 2.05) is 18.2 Å². The standard InChI is InChI=1S/C18H22N2O3S/c1-23-17-8-5-9-18(14-17)24(21,22)20-12-10-19(11-13-20)15-16-6-3-2-4-7-16/h2-9,14H,10-13,15H2,1H3. The topological polar surface area (TPSA) is 49.9 Å². The Morgan fingerprint density at radius 3 is 2.33 bits per heavy atom. The molecule has 24 heavy (non-hydrogen) atoms. The first-order valence-corrected chi connectivity index (χ1v) is 9.44. The first-order valence-electron chi connectivity index (χ1n) is 8.00. The predicted octanol–water partition coefficient (Wildman–Crippen LogP) is 2.20. The van der Waals surface area contributed by atoms with E-state index in [1.165, 1.54) is 12.7 Å². The Morgan fingerprint density at radius 2 is 1.67 bits per heavy atom. The van der Waals surface area contributed by atoms with Gasteiger partial charge in [0.05, 0.1) is 12.0 Å². The number of methoxy groups -OCH3 is 1. The maximum Gasteiger partial charge on any atom is 0.243 e. The Kier molecular flexibility index (Phi) is 5.18. The van der Waals surface area contributed by atoms with E-state index in [0.29, 0.717) is 23.7 Å². The maximum absolute atomic E-state index is 12.8. The zero-order chi connectivity index (χ0) is 17.0. The van der Waals surface area contributed by atoms with Crippen LogP contribution in [0.1, 0.15) is 5.56 Å². The smallest absolute Gasteiger partial charge is 0.243 e. The normalized spacial score (nSPS) is 16.9. The van der Waals surface area contributed by atoms with E-state index in [2.05, 4.69) is 17.0 Å². The minimum Gasteiger partial charge on any atom is -0.497 e. The molecule has 0 saturated carbocycles. The van der Waals surface area contributed by atoms with Crippen molar-refractivity contribution in [2.75, 3.05) is 33.3 Å². The van der Waals surface area contributed by atoms with Gasteiger partial charge in [-0.05, 0) is 17.7 Å². The lowest BCUT2D eigenvalue weighted by Crippen LogP contribution is -2.48. The molecule has 1 heterocycles. The molecule has 0 aliphatic carbocycles. The van der Waals surface area contributed by atoms with Crippen LogP contribution in [0.4, 0.5) is 0 Å². The number of rotatable bonds is 5. The fourth-order valence-electron chi connectivity index (χ4n) is 2.88. The highest BCUT2D eigenvalue weighted by molar-refractivity contribution is 7.89. The van der Waals surface area contributed by atoms with E-state index in [4.69, 9.17) is 4.74 Å². The molecule has 128 valence electrons. The van der Waals surface area contributed by atoms with Crippen molar-refractivity contribution in [3.8, 4) is 5.75 Å². The van der Waals surface area contributed by atoms with Crippen molar-refractivity contribution in [2.24, 2.45) is 0 Å². The Morgan fingerprint density at radius 1 is 0.958 bits per heavy atom. The van der Waals surface area contributed by atoms with Crippen LogP contribution in [0.5, 0.6) is 5.75 Å². The van der Waals surface area contributed by atoms with Crippen molar-refractivity contribution in [1.29, 1.82) is 0 Å². The first kappa shape index (κ1) is 17.0. The quantitative estimate of drug-likeness (QED) is 0.833. The van der Waals surface area contributed by atoms with Gasteiger partial charge in [-0.25, -0.2) is 8.42 Å². The number of ether oxygens (including phenoxy) is 1. The van der Waals surface area contributed by atoms with Gasteiger partial charge in [0, 0.05) is 38.8 Å². The third-order valence-corrected chi connectivity index (χ3v) is 6.15. The third kappa shape index (κ3) is 3.77. The summed E-state index contributed by atoms with van der Waals surface area (Å²) in [6, 6.07) is 16.9. The molecule has 6 heteroatoms. The van der Waals surface area contributed by atoms with Crippen LogP contribution in [-0.4, -0.2) is 50.9 Å². The van der Waals surface area contributed by atoms with Crippen molar-refractivity contribution in [3.63, 3.8) is 0 Å². The minimum absolute atomic E-state index is 0.290. The molecule has 3 rings (SSSR count). The third-order valence-electron chi connectivity index (χ3n) is 4.26. The van der Waals surface area contributed by atoms with E-state index in [1.54, 1.807) is 28.6 Å². The molecule has 1 saturated heterocycles. The maximum atomic E-state index is 12.8. The summed E-state index contributed by atoms with van der Waals surface area (Å²) in [6.45, 7) is 3.34. The summed E-state index contributed by atoms with van der Waals surface area (Å²) in [7, 11) is -1.93. The number of hydrogen-bond acceptors (Lipinski definition) is 4. The molecule has 0 aromatic heterocycles. The Labute approximate surface area is 143 Å². The highest BCUT2D eigenvalue weighted by Gasteiger charge is 2.28. The summed E-state index contributed by atoms with van der Waals surface area (Å²) in [4.78, 5) is 2.57. The van der Waals surface area contributed by atoms with Gasteiger partial charge in [0.25, 0.3) is 0 Å². The molecular weight excluding hydrogens is 324 g/mol. The van der Waals surface area contributed by atoms with Crippen LogP contribution < -0.4 is 4.74 Å². The summed E-state index contributed by atoms with van der Waals surface area (Å²) in [5.41, 5.74) is 1.25. The molecule has 0 spiro atoms. The van der Waals surface area contributed by atoms with Crippen molar-refractivity contribution in [3.05, 3.63) is 60.2 Å². The largest absolute Gasteiger partial charge is 0.497 e. The van der Waals surface area contributed by atoms with Crippen LogP contribution in [-0.2, 0) is 16.6 Å². The summed E-state index contributed by atoms with van der Waals surface area (Å²) >= 11 is 0. The van der Waals surface area contributed by atoms with Gasteiger partial charge in [0.15, 0.2) is 0 Å². The molecule has 0 radical (unpaired) electrons. The molecule has 2 aromatic rings. The van der Waals surface area contributed by atoms with Crippen LogP contribution in [0.2, 0.25) is 0 Å². The SMILES string of the molecule is COc1cccc(S(=O)(=O)N2CCN(Cc3ccccc3)CC2)c1. The molecule has 1 aliphatic heterocycles. The average molecular weight is 346 g/mol. The molecular formula is C18H22N2O3S. The highest BCUT2D eigenvalue weighted by Crippen LogP contribution is 2.22. The van der Waals surface area contributed by atoms with Crippen LogP contribution in [0, 0.1) is 0 Å². The first-order chi connectivity index (χ1) is 11.6. The number of nitrogens with zero attached hydrogens (tertiary/aromatic N) is 2. The number of sulfonamides is 1. The predicted molar refractivity (Wildman–Crippen MR) is 93.5 cm³/mol. The molecule has 0 bridgehead atoms. The second-order valence-corrected chi connectivity index (χ2v) is 7.78. The Bertz CT molecular complexity index is 770. The van der Waals surface area contributed by atoms with E-state index in [-0.39, 0.29) is 0 Å². The van der Waals surface area contributed by atoms with Crippen molar-refractivity contribution in [1.82, 2.24) is 9.21 Å². The van der Waals surface area contributed by atoms with Crippen LogP contribution in [0.15, 0.2) is 59.5 Å². The van der Waals surface area contributed by atoms with Crippen LogP contribution in [0.25, 0.3) is 0 Å². The zero-order valence-corrected chi connectivity index (χ0v) is 14.6. The van der Waals surface area contributed by atoms with Gasteiger partial charge >= 0.3 is 0 Å². The summed E-state index contributed by atoms with van der Waals surface area (Å²) in [6.07, 6.45) is 0. The van der Waals surface area contributed by atoms with E-state index < -0.39 is 10.0 Å². The average Bonchev–Trinajstić information content (AvgIpc) is 2.63. The van der Waals surface area contributed by atoms with Gasteiger partial charge < -0.3 is 4.74 Å². The minimum atomic E-state index is -3.46. The Hall–Kier alpha value is -1.89. The fourth-order valence-corrected chi connectivity index (χ4v) is 4.34. The van der Waals surface area contributed by atoms with Gasteiger partial charge in [0.2, 0.25) is 10.0 Å². The molecule has 0 unspecified atom stereocenters. The highest BCUT2D eigenvalue weighted by atomic mass is 32.2. The fraction of sp³-hybridized carbons (Fsp3) is 0.333. The number of benzene rings is 2. The summed E-state index contributed by atoms with van der Waals surface area (Å²) < 4.78 is 32.2. The van der Waals surface area contributed by atoms with Gasteiger partial charge in [0.1, 0.15) is 5.75 Å². The molecule has 1 fully saturated rings. The van der Waals surface area contributed by atoms with Crippen molar-refractivity contribution in [2.45, 2.75) is 11.4 Å². The lowest BCUT2D eigenvalue weighted by atomic mass is 10.2. The van der Waals surface area contributed by atoms with Gasteiger partial charge in [-0.15, -0.1) is 0 Å². The van der Waals surface area contributed by atoms with E-state index >= 15 is 0 Å². The van der Waals surface area contributed by atoms with E-state index in [9.17, 15) is 8.42 Å². The van der Waals surface area contributed by atoms with Gasteiger partial charge in [-0.1, -0.05) is 36.4 Å². The number of hydrogen-bond donors (Lipinski definition) is 0. The molecule has 2 aromatic carbocycles. The lowest BCUT2D eigenvalue weighted by Gasteiger charge is -2.34. The molecule has 1 aliphatic rings. The second-order valence-electron chi connectivity index (χ2n) is 5.84. The monoisotopic (exact) mass is 346 g/mol.